The first kappa shape index (κ1) is 477. The van der Waals surface area contributed by atoms with Gasteiger partial charge in [0.25, 0.3) is 0 Å². The van der Waals surface area contributed by atoms with Crippen molar-refractivity contribution in [3.8, 4) is 0 Å². The van der Waals surface area contributed by atoms with E-state index in [0.29, 0.717) is 0 Å². The van der Waals surface area contributed by atoms with Gasteiger partial charge >= 0.3 is 8.11 Å². The molecule has 17 heavy (non-hydrogen) atoms. The molecule has 0 rings (SSSR count). The van der Waals surface area contributed by atoms with Crippen LogP contribution in [0.2, 0.25) is 0 Å². The minimum absolute atomic E-state index is 0. The smallest absolute Gasteiger partial charge is 0.0776 e. The molecule has 0 heterocycles. The fourth-order valence-electron chi connectivity index (χ4n) is 0. The molecule has 0 aromatic rings. The van der Waals surface area contributed by atoms with Crippen LogP contribution in [0.3, 0.4) is 0 Å². The minimum atomic E-state index is -2.37. The Kier molecular flexibility index (Phi) is 11100. The van der Waals surface area contributed by atoms with Crippen LogP contribution in [0.4, 0.5) is 4.20 Å². The lowest BCUT2D eigenvalue weighted by molar-refractivity contribution is 0.564. The van der Waals surface area contributed by atoms with E-state index in [1.54, 1.807) is 0 Å². The predicted octanol–water partition coefficient (Wildman–Crippen LogP) is 9.60. The maximum Gasteiger partial charge on any atom is 0.554 e. The van der Waals surface area contributed by atoms with Gasteiger partial charge in [0.2, 0.25) is 0 Å². The summed E-state index contributed by atoms with van der Waals surface area (Å²) in [6.45, 7) is 1.01. The third-order valence-electron chi connectivity index (χ3n) is 0. The molecule has 0 aliphatic carbocycles. The molecule has 0 saturated heterocycles. The topological polar surface area (TPSA) is 17.1 Å². The largest absolute Gasteiger partial charge is 0.554 e. The van der Waals surface area contributed by atoms with Gasteiger partial charge in [-0.2, -0.15) is 0 Å². The van der Waals surface area contributed by atoms with Crippen molar-refractivity contribution >= 4 is 8.11 Å². The summed E-state index contributed by atoms with van der Waals surface area (Å²) in [4.78, 5) is 0. The quantitative estimate of drug-likeness (QED) is 0.405. The van der Waals surface area contributed by atoms with Crippen molar-refractivity contribution in [2.45, 2.75) is 96.5 Å². The van der Waals surface area contributed by atoms with Gasteiger partial charge < -0.3 is 0 Å². The summed E-state index contributed by atoms with van der Waals surface area (Å²) in [5.41, 5.74) is 0. The van der Waals surface area contributed by atoms with Gasteiger partial charge in [0.05, 0.1) is 4.20 Å². The third-order valence-corrected chi connectivity index (χ3v) is 0. The molecule has 0 aliphatic heterocycles. The van der Waals surface area contributed by atoms with Crippen LogP contribution >= 0.6 is 8.11 Å². The summed E-state index contributed by atoms with van der Waals surface area (Å²) in [6, 6.07) is 0. The van der Waals surface area contributed by atoms with Crippen molar-refractivity contribution in [3.63, 3.8) is 0 Å². The minimum Gasteiger partial charge on any atom is -0.0776 e. The molecular weight excluding hydrogens is 234 g/mol. The van der Waals surface area contributed by atoms with Gasteiger partial charge in [0.1, 0.15) is 0 Å². The first-order valence-electron chi connectivity index (χ1n) is 0.799. The van der Waals surface area contributed by atoms with Gasteiger partial charge in [-0.3, -0.25) is 0 Å². The standard InChI is InChI=1S/CH3FOP.13CH4/c1-4(2)3;;;;;;;;;;;;;/h1H3;13*1H4/q+1;;;;;;;;;;;;;. The normalized spacial score (nSPS) is 2.59. The molecule has 0 bridgehead atoms. The molecule has 0 N–H and O–H groups in total. The fraction of sp³-hybridized carbons (Fsp3) is 1.00. The second kappa shape index (κ2) is 394. The summed E-state index contributed by atoms with van der Waals surface area (Å²) >= 11 is 0. The first-order chi connectivity index (χ1) is 1.73. The molecule has 0 amide bonds. The van der Waals surface area contributed by atoms with E-state index in [1.165, 1.54) is 0 Å². The van der Waals surface area contributed by atoms with Gasteiger partial charge in [-0.25, -0.2) is 0 Å². The Balaban J connectivity index is -0.000000000577. The molecule has 1 unspecified atom stereocenters. The molecule has 0 saturated carbocycles. The molecule has 128 valence electrons. The lowest BCUT2D eigenvalue weighted by atomic mass is 12.0. The molecule has 0 fully saturated rings. The summed E-state index contributed by atoms with van der Waals surface area (Å²) in [7, 11) is -2.37. The van der Waals surface area contributed by atoms with Crippen LogP contribution in [0.15, 0.2) is 0 Å². The van der Waals surface area contributed by atoms with Crippen molar-refractivity contribution in [2.75, 3.05) is 6.66 Å². The van der Waals surface area contributed by atoms with Crippen LogP contribution in [0.25, 0.3) is 0 Å². The molecule has 0 radical (unpaired) electrons. The number of halogens is 1. The van der Waals surface area contributed by atoms with E-state index >= 15 is 0 Å². The van der Waals surface area contributed by atoms with Crippen molar-refractivity contribution in [3.05, 3.63) is 0 Å². The summed E-state index contributed by atoms with van der Waals surface area (Å²) in [5, 5.41) is 0. The molecule has 1 atom stereocenters. The van der Waals surface area contributed by atoms with E-state index < -0.39 is 8.11 Å². The first-order valence-corrected chi connectivity index (χ1v) is 2.40. The Bertz CT molecular complexity index is 39.2. The number of hydrogen-bond acceptors (Lipinski definition) is 1. The lowest BCUT2D eigenvalue weighted by Crippen LogP contribution is -1.21. The molecule has 0 aliphatic rings. The van der Waals surface area contributed by atoms with E-state index in [2.05, 4.69) is 0 Å². The molecule has 0 spiro atoms. The highest BCUT2D eigenvalue weighted by Gasteiger charge is 1.92. The van der Waals surface area contributed by atoms with Crippen LogP contribution in [-0.4, -0.2) is 6.66 Å². The average molecular weight is 290 g/mol. The van der Waals surface area contributed by atoms with Crippen molar-refractivity contribution < 1.29 is 8.76 Å². The average Bonchev–Trinajstić information content (AvgIpc) is 0.811. The highest BCUT2D eigenvalue weighted by molar-refractivity contribution is 7.37. The molecular formula is C14H55FOP+. The Morgan fingerprint density at radius 2 is 0.529 bits per heavy atom. The van der Waals surface area contributed by atoms with Crippen LogP contribution in [0, 0.1) is 0 Å². The Morgan fingerprint density at radius 1 is 0.529 bits per heavy atom. The van der Waals surface area contributed by atoms with Gasteiger partial charge in [-0.15, -0.1) is 0 Å². The van der Waals surface area contributed by atoms with Crippen LogP contribution in [0.1, 0.15) is 96.5 Å². The Morgan fingerprint density at radius 3 is 0.529 bits per heavy atom. The van der Waals surface area contributed by atoms with E-state index in [1.807, 2.05) is 0 Å². The van der Waals surface area contributed by atoms with Crippen LogP contribution in [0.5, 0.6) is 0 Å². The van der Waals surface area contributed by atoms with Gasteiger partial charge in [0, 0.05) is 0 Å². The Labute approximate surface area is 121 Å². The summed E-state index contributed by atoms with van der Waals surface area (Å²) in [5.74, 6) is 0. The van der Waals surface area contributed by atoms with Gasteiger partial charge in [0.15, 0.2) is 6.66 Å². The highest BCUT2D eigenvalue weighted by Crippen LogP contribution is 2.11. The SMILES string of the molecule is C.C.C.C.C.C.C.C.C.C.C.C.C.C[P+](=O)F. The van der Waals surface area contributed by atoms with Crippen molar-refractivity contribution in [2.24, 2.45) is 0 Å². The third kappa shape index (κ3) is 3510000. The zero-order valence-corrected chi connectivity index (χ0v) is 3.13. The zero-order chi connectivity index (χ0) is 3.58. The second-order valence-electron chi connectivity index (χ2n) is 0.421. The predicted molar refractivity (Wildman–Crippen MR) is 102 cm³/mol. The van der Waals surface area contributed by atoms with E-state index in [0.717, 1.165) is 6.66 Å². The summed E-state index contributed by atoms with van der Waals surface area (Å²) < 4.78 is 19.4. The maximum atomic E-state index is 10.5. The number of hydrogen-bond donors (Lipinski definition) is 0. The second-order valence-corrected chi connectivity index (χ2v) is 1.26. The summed E-state index contributed by atoms with van der Waals surface area (Å²) in [6.07, 6.45) is 0. The molecule has 0 aromatic carbocycles. The van der Waals surface area contributed by atoms with Crippen LogP contribution < -0.4 is 0 Å². The van der Waals surface area contributed by atoms with Crippen molar-refractivity contribution in [1.82, 2.24) is 0 Å². The van der Waals surface area contributed by atoms with Gasteiger partial charge in [-0.1, -0.05) is 96.5 Å². The zero-order valence-electron chi connectivity index (χ0n) is 2.23. The Hall–Kier alpha value is 0.0300. The molecule has 0 aromatic heterocycles. The molecule has 1 nitrogen and oxygen atoms in total. The highest BCUT2D eigenvalue weighted by atomic mass is 31.1. The maximum absolute atomic E-state index is 10.5. The fourth-order valence-corrected chi connectivity index (χ4v) is 0. The van der Waals surface area contributed by atoms with Crippen molar-refractivity contribution in [1.29, 1.82) is 0 Å². The van der Waals surface area contributed by atoms with E-state index in [9.17, 15) is 4.20 Å². The lowest BCUT2D eigenvalue weighted by Gasteiger charge is -1.28. The van der Waals surface area contributed by atoms with E-state index in [4.69, 9.17) is 4.57 Å². The monoisotopic (exact) mass is 289 g/mol. The number of rotatable bonds is 0. The van der Waals surface area contributed by atoms with E-state index in [-0.39, 0.29) is 96.5 Å². The van der Waals surface area contributed by atoms with Gasteiger partial charge in [-0.05, 0) is 4.57 Å². The molecule has 3 heteroatoms. The van der Waals surface area contributed by atoms with Crippen LogP contribution in [-0.2, 0) is 4.57 Å².